The summed E-state index contributed by atoms with van der Waals surface area (Å²) in [6, 6.07) is 6.75. The van der Waals surface area contributed by atoms with Crippen molar-refractivity contribution < 1.29 is 8.42 Å². The molecular formula is C7H5NO2S. The van der Waals surface area contributed by atoms with Gasteiger partial charge in [-0.1, -0.05) is 18.2 Å². The second kappa shape index (κ2) is 1.92. The Kier molecular flexibility index (Phi) is 1.14. The Hall–Kier alpha value is -1.16. The van der Waals surface area contributed by atoms with Gasteiger partial charge in [0.1, 0.15) is 0 Å². The molecule has 0 atom stereocenters. The maximum Gasteiger partial charge on any atom is 0.282 e. The molecule has 0 fully saturated rings. The van der Waals surface area contributed by atoms with Crippen molar-refractivity contribution in [3.05, 3.63) is 29.8 Å². The summed E-state index contributed by atoms with van der Waals surface area (Å²) < 4.78 is 25.5. The van der Waals surface area contributed by atoms with Gasteiger partial charge in [0, 0.05) is 11.8 Å². The Balaban J connectivity index is 2.84. The van der Waals surface area contributed by atoms with Crippen LogP contribution < -0.4 is 0 Å². The van der Waals surface area contributed by atoms with Crippen molar-refractivity contribution in [3.63, 3.8) is 0 Å². The summed E-state index contributed by atoms with van der Waals surface area (Å²) in [5.41, 5.74) is 0.674. The van der Waals surface area contributed by atoms with Crippen LogP contribution in [0.15, 0.2) is 33.6 Å². The van der Waals surface area contributed by atoms with Crippen LogP contribution in [0.4, 0.5) is 0 Å². The molecule has 0 aromatic heterocycles. The first kappa shape index (κ1) is 6.54. The highest BCUT2D eigenvalue weighted by Gasteiger charge is 2.20. The lowest BCUT2D eigenvalue weighted by atomic mass is 10.3. The molecule has 0 N–H and O–H groups in total. The summed E-state index contributed by atoms with van der Waals surface area (Å²) in [7, 11) is -3.34. The largest absolute Gasteiger partial charge is 0.282 e. The predicted molar refractivity (Wildman–Crippen MR) is 41.2 cm³/mol. The standard InChI is InChI=1S/C7H5NO2S/c9-11(10)7-4-2-1-3-6(7)5-8-11/h1-5H/i5+2. The lowest BCUT2D eigenvalue weighted by Crippen LogP contribution is -1.91. The average Bonchev–Trinajstić information content (AvgIpc) is 2.29. The van der Waals surface area contributed by atoms with Gasteiger partial charge in [-0.2, -0.15) is 12.8 Å². The number of hydrogen-bond donors (Lipinski definition) is 0. The van der Waals surface area contributed by atoms with E-state index in [0.29, 0.717) is 10.5 Å². The third kappa shape index (κ3) is 0.867. The second-order valence-corrected chi connectivity index (χ2v) is 3.85. The quantitative estimate of drug-likeness (QED) is 0.577. The fourth-order valence-corrected chi connectivity index (χ4v) is 2.04. The normalized spacial score (nSPS) is 18.2. The minimum atomic E-state index is -3.34. The molecule has 1 aliphatic heterocycles. The van der Waals surface area contributed by atoms with Gasteiger partial charge in [0.25, 0.3) is 10.0 Å². The zero-order valence-corrected chi connectivity index (χ0v) is 6.38. The van der Waals surface area contributed by atoms with Crippen molar-refractivity contribution in [3.8, 4) is 0 Å². The van der Waals surface area contributed by atoms with Crippen LogP contribution in [0.2, 0.25) is 0 Å². The number of benzene rings is 1. The lowest BCUT2D eigenvalue weighted by Gasteiger charge is -1.92. The zero-order chi connectivity index (χ0) is 7.90. The smallest absolute Gasteiger partial charge is 0.199 e. The van der Waals surface area contributed by atoms with Crippen molar-refractivity contribution in [2.24, 2.45) is 4.40 Å². The SMILES string of the molecule is O=S1(=O)N=[14CH]c2ccccc21. The maximum absolute atomic E-state index is 11.1. The Morgan fingerprint density at radius 2 is 2.00 bits per heavy atom. The fourth-order valence-electron chi connectivity index (χ4n) is 1.01. The van der Waals surface area contributed by atoms with Gasteiger partial charge < -0.3 is 0 Å². The van der Waals surface area contributed by atoms with Gasteiger partial charge in [0.05, 0.1) is 4.90 Å². The molecule has 0 bridgehead atoms. The first-order valence-corrected chi connectivity index (χ1v) is 4.53. The van der Waals surface area contributed by atoms with Crippen LogP contribution in [0.25, 0.3) is 0 Å². The first-order valence-electron chi connectivity index (χ1n) is 3.09. The van der Waals surface area contributed by atoms with Crippen molar-refractivity contribution in [2.45, 2.75) is 4.90 Å². The topological polar surface area (TPSA) is 46.5 Å². The van der Waals surface area contributed by atoms with Crippen LogP contribution in [-0.4, -0.2) is 14.6 Å². The number of rotatable bonds is 0. The Labute approximate surface area is 64.4 Å². The molecule has 3 nitrogen and oxygen atoms in total. The molecule has 1 aromatic carbocycles. The van der Waals surface area contributed by atoms with Gasteiger partial charge in [-0.3, -0.25) is 0 Å². The molecule has 0 spiro atoms. The monoisotopic (exact) mass is 169 g/mol. The second-order valence-electron chi connectivity index (χ2n) is 2.25. The summed E-state index contributed by atoms with van der Waals surface area (Å²) in [4.78, 5) is 0.306. The van der Waals surface area contributed by atoms with E-state index < -0.39 is 10.0 Å². The van der Waals surface area contributed by atoms with E-state index in [2.05, 4.69) is 4.40 Å². The fraction of sp³-hybridized carbons (Fsp3) is 0. The van der Waals surface area contributed by atoms with E-state index >= 15 is 0 Å². The van der Waals surface area contributed by atoms with Crippen LogP contribution in [0.5, 0.6) is 0 Å². The molecule has 4 heteroatoms. The Morgan fingerprint density at radius 1 is 1.27 bits per heavy atom. The van der Waals surface area contributed by atoms with Crippen LogP contribution in [0.3, 0.4) is 0 Å². The van der Waals surface area contributed by atoms with Gasteiger partial charge >= 0.3 is 0 Å². The zero-order valence-electron chi connectivity index (χ0n) is 5.56. The van der Waals surface area contributed by atoms with Crippen LogP contribution in [-0.2, 0) is 10.0 Å². The van der Waals surface area contributed by atoms with Crippen LogP contribution in [0, 0.1) is 0 Å². The molecule has 0 amide bonds. The first-order chi connectivity index (χ1) is 5.20. The van der Waals surface area contributed by atoms with E-state index in [9.17, 15) is 8.42 Å². The maximum atomic E-state index is 11.1. The predicted octanol–water partition coefficient (Wildman–Crippen LogP) is 0.808. The highest BCUT2D eigenvalue weighted by atomic mass is 32.2. The van der Waals surface area contributed by atoms with Crippen molar-refractivity contribution in [2.75, 3.05) is 0 Å². The van der Waals surface area contributed by atoms with Gasteiger partial charge in [0.15, 0.2) is 0 Å². The minimum Gasteiger partial charge on any atom is -0.199 e. The molecule has 56 valence electrons. The Morgan fingerprint density at radius 3 is 2.73 bits per heavy atom. The van der Waals surface area contributed by atoms with E-state index in [1.54, 1.807) is 24.3 Å². The summed E-state index contributed by atoms with van der Waals surface area (Å²) in [5.74, 6) is 0. The van der Waals surface area contributed by atoms with Gasteiger partial charge in [-0.15, -0.1) is 0 Å². The van der Waals surface area contributed by atoms with E-state index in [4.69, 9.17) is 0 Å². The van der Waals surface area contributed by atoms with E-state index in [0.717, 1.165) is 0 Å². The third-order valence-electron chi connectivity index (χ3n) is 1.53. The molecular weight excluding hydrogens is 164 g/mol. The van der Waals surface area contributed by atoms with E-state index in [1.807, 2.05) is 0 Å². The highest BCUT2D eigenvalue weighted by molar-refractivity contribution is 7.90. The lowest BCUT2D eigenvalue weighted by molar-refractivity contribution is 0.599. The Bertz CT molecular complexity index is 420. The van der Waals surface area contributed by atoms with Gasteiger partial charge in [-0.05, 0) is 6.07 Å². The van der Waals surface area contributed by atoms with Crippen molar-refractivity contribution >= 4 is 16.2 Å². The van der Waals surface area contributed by atoms with E-state index in [-0.39, 0.29) is 0 Å². The summed E-state index contributed by atoms with van der Waals surface area (Å²) in [6.07, 6.45) is 1.37. The average molecular weight is 169 g/mol. The molecule has 1 aromatic rings. The molecule has 0 radical (unpaired) electrons. The molecule has 11 heavy (non-hydrogen) atoms. The number of fused-ring (bicyclic) bond motifs is 1. The molecule has 1 aliphatic rings. The molecule has 0 aliphatic carbocycles. The molecule has 0 saturated carbocycles. The van der Waals surface area contributed by atoms with Gasteiger partial charge in [-0.25, -0.2) is 0 Å². The summed E-state index contributed by atoms with van der Waals surface area (Å²) in [5, 5.41) is 0. The van der Waals surface area contributed by atoms with Crippen molar-refractivity contribution in [1.82, 2.24) is 0 Å². The minimum absolute atomic E-state index is 0.306. The van der Waals surface area contributed by atoms with Gasteiger partial charge in [0.2, 0.25) is 0 Å². The third-order valence-corrected chi connectivity index (χ3v) is 2.84. The number of nitrogens with zero attached hydrogens (tertiary/aromatic N) is 1. The number of sulfonamides is 1. The van der Waals surface area contributed by atoms with Crippen LogP contribution in [0.1, 0.15) is 5.56 Å². The number of hydrogen-bond acceptors (Lipinski definition) is 2. The summed E-state index contributed by atoms with van der Waals surface area (Å²) in [6.45, 7) is 0. The van der Waals surface area contributed by atoms with Crippen molar-refractivity contribution in [1.29, 1.82) is 0 Å². The molecule has 0 unspecified atom stereocenters. The summed E-state index contributed by atoms with van der Waals surface area (Å²) >= 11 is 0. The highest BCUT2D eigenvalue weighted by Crippen LogP contribution is 2.21. The van der Waals surface area contributed by atoms with E-state index in [1.165, 1.54) is 6.21 Å². The molecule has 0 saturated heterocycles. The van der Waals surface area contributed by atoms with Crippen LogP contribution >= 0.6 is 0 Å². The molecule has 2 rings (SSSR count). The molecule has 1 heterocycles.